The molecule has 10 heteroatoms. The van der Waals surface area contributed by atoms with Gasteiger partial charge in [-0.25, -0.2) is 14.8 Å². The predicted octanol–water partition coefficient (Wildman–Crippen LogP) is 7.02. The molecule has 0 unspecified atom stereocenters. The minimum Gasteiger partial charge on any atom is -0.378 e. The fourth-order valence-electron chi connectivity index (χ4n) is 3.53. The Morgan fingerprint density at radius 1 is 0.925 bits per heavy atom. The Bertz CT molecular complexity index is 1330. The van der Waals surface area contributed by atoms with Crippen LogP contribution in [0.4, 0.5) is 27.5 Å². The normalized spacial score (nSPS) is 12.6. The van der Waals surface area contributed by atoms with Gasteiger partial charge in [-0.1, -0.05) is 55.3 Å². The lowest BCUT2D eigenvalue weighted by atomic mass is 10.2. The van der Waals surface area contributed by atoms with Crippen LogP contribution in [-0.4, -0.2) is 47.5 Å². The van der Waals surface area contributed by atoms with Crippen LogP contribution in [0.2, 0.25) is 5.02 Å². The van der Waals surface area contributed by atoms with Gasteiger partial charge in [0.05, 0.1) is 43.2 Å². The number of aromatic nitrogens is 3. The van der Waals surface area contributed by atoms with Gasteiger partial charge in [-0.05, 0) is 55.8 Å². The molecule has 1 aliphatic heterocycles. The lowest BCUT2D eigenvalue weighted by molar-refractivity contribution is 0.122. The lowest BCUT2D eigenvalue weighted by Gasteiger charge is -2.27. The maximum atomic E-state index is 14.1. The minimum atomic E-state index is -0.468. The smallest absolute Gasteiger partial charge is 0.245 e. The molecule has 1 aliphatic rings. The number of pyridine rings is 1. The van der Waals surface area contributed by atoms with Gasteiger partial charge in [0.15, 0.2) is 11.6 Å². The van der Waals surface area contributed by atoms with Crippen LogP contribution in [0, 0.1) is 19.7 Å². The number of ether oxygens (including phenoxy) is 1. The number of halogens is 2. The van der Waals surface area contributed by atoms with Gasteiger partial charge in [0.25, 0.3) is 0 Å². The second kappa shape index (κ2) is 16.1. The molecule has 0 atom stereocenters. The molecule has 2 N–H and O–H groups in total. The molecule has 2 aromatic carbocycles. The summed E-state index contributed by atoms with van der Waals surface area (Å²) in [6.07, 6.45) is 4.42. The average molecular weight is 564 g/mol. The van der Waals surface area contributed by atoms with Crippen molar-refractivity contribution in [2.24, 2.45) is 5.10 Å². The first kappa shape index (κ1) is 30.5. The molecule has 1 fully saturated rings. The zero-order chi connectivity index (χ0) is 28.7. The number of hydrogen-bond donors (Lipinski definition) is 2. The second-order valence-corrected chi connectivity index (χ2v) is 9.03. The largest absolute Gasteiger partial charge is 0.378 e. The van der Waals surface area contributed by atoms with Gasteiger partial charge in [-0.15, -0.1) is 0 Å². The van der Waals surface area contributed by atoms with Crippen LogP contribution in [0.5, 0.6) is 0 Å². The summed E-state index contributed by atoms with van der Waals surface area (Å²) in [6, 6.07) is 19.6. The topological polar surface area (TPSA) is 87.6 Å². The van der Waals surface area contributed by atoms with E-state index in [9.17, 15) is 4.39 Å². The molecule has 40 heavy (non-hydrogen) atoms. The van der Waals surface area contributed by atoms with E-state index >= 15 is 0 Å². The molecule has 0 radical (unpaired) electrons. The summed E-state index contributed by atoms with van der Waals surface area (Å²) in [4.78, 5) is 14.3. The van der Waals surface area contributed by atoms with Crippen LogP contribution < -0.4 is 15.6 Å². The predicted molar refractivity (Wildman–Crippen MR) is 162 cm³/mol. The summed E-state index contributed by atoms with van der Waals surface area (Å²) in [5, 5.41) is 8.20. The van der Waals surface area contributed by atoms with Gasteiger partial charge in [-0.2, -0.15) is 10.1 Å². The first-order chi connectivity index (χ1) is 19.5. The van der Waals surface area contributed by atoms with E-state index in [2.05, 4.69) is 30.8 Å². The number of nitrogens with zero attached hydrogens (tertiary/aromatic N) is 5. The molecule has 4 aromatic rings. The molecular weight excluding hydrogens is 529 g/mol. The monoisotopic (exact) mass is 563 g/mol. The van der Waals surface area contributed by atoms with Crippen molar-refractivity contribution in [3.63, 3.8) is 0 Å². The van der Waals surface area contributed by atoms with Crippen LogP contribution in [0.3, 0.4) is 0 Å². The van der Waals surface area contributed by atoms with Crippen LogP contribution in [0.15, 0.2) is 78.2 Å². The van der Waals surface area contributed by atoms with E-state index in [1.165, 1.54) is 11.1 Å². The van der Waals surface area contributed by atoms with Crippen molar-refractivity contribution in [2.75, 3.05) is 41.9 Å². The number of morpholine rings is 1. The highest BCUT2D eigenvalue weighted by Crippen LogP contribution is 2.19. The number of benzene rings is 2. The number of aryl methyl sites for hydroxylation is 2. The van der Waals surface area contributed by atoms with E-state index < -0.39 is 5.82 Å². The maximum absolute atomic E-state index is 14.1. The summed E-state index contributed by atoms with van der Waals surface area (Å²) in [5.41, 5.74) is 7.67. The summed E-state index contributed by atoms with van der Waals surface area (Å²) in [6.45, 7) is 10.3. The Hall–Kier alpha value is -4.08. The molecule has 0 aliphatic carbocycles. The van der Waals surface area contributed by atoms with E-state index in [0.29, 0.717) is 32.0 Å². The molecule has 210 valence electrons. The molecule has 0 saturated carbocycles. The Kier molecular flexibility index (Phi) is 12.3. The maximum Gasteiger partial charge on any atom is 0.245 e. The van der Waals surface area contributed by atoms with Gasteiger partial charge < -0.3 is 15.0 Å². The second-order valence-electron chi connectivity index (χ2n) is 8.60. The Morgan fingerprint density at radius 2 is 1.65 bits per heavy atom. The van der Waals surface area contributed by atoms with Gasteiger partial charge in [-0.3, -0.25) is 4.98 Å². The van der Waals surface area contributed by atoms with Crippen molar-refractivity contribution < 1.29 is 9.13 Å². The van der Waals surface area contributed by atoms with Gasteiger partial charge in [0.1, 0.15) is 0 Å². The summed E-state index contributed by atoms with van der Waals surface area (Å²) in [5.74, 6) is -0.00720. The quantitative estimate of drug-likeness (QED) is 0.192. The molecule has 2 aromatic heterocycles. The lowest BCUT2D eigenvalue weighted by Crippen LogP contribution is -2.37. The van der Waals surface area contributed by atoms with E-state index in [1.54, 1.807) is 12.4 Å². The number of rotatable bonds is 6. The van der Waals surface area contributed by atoms with Crippen molar-refractivity contribution >= 4 is 41.0 Å². The van der Waals surface area contributed by atoms with Crippen LogP contribution >= 0.6 is 11.6 Å². The number of hydrogen-bond acceptors (Lipinski definition) is 8. The molecule has 0 spiro atoms. The SMILES string of the molecule is CC.Cc1ccc(Nc2ccc(/C=N/Nc3ncc(F)c(N4CCOCC4)n3)nc2)cc1.Cc1cccc(Cl)c1. The molecule has 0 amide bonds. The molecule has 8 nitrogen and oxygen atoms in total. The fraction of sp³-hybridized carbons (Fsp3) is 0.267. The number of anilines is 4. The van der Waals surface area contributed by atoms with Crippen molar-refractivity contribution in [2.45, 2.75) is 27.7 Å². The summed E-state index contributed by atoms with van der Waals surface area (Å²) < 4.78 is 19.4. The van der Waals surface area contributed by atoms with E-state index in [0.717, 1.165) is 22.6 Å². The Labute approximate surface area is 240 Å². The van der Waals surface area contributed by atoms with Crippen LogP contribution in [-0.2, 0) is 4.74 Å². The van der Waals surface area contributed by atoms with E-state index in [1.807, 2.05) is 93.3 Å². The van der Waals surface area contributed by atoms with Crippen molar-refractivity contribution in [3.8, 4) is 0 Å². The highest BCUT2D eigenvalue weighted by atomic mass is 35.5. The third-order valence-corrected chi connectivity index (χ3v) is 5.74. The zero-order valence-electron chi connectivity index (χ0n) is 23.2. The first-order valence-corrected chi connectivity index (χ1v) is 13.5. The van der Waals surface area contributed by atoms with E-state index in [4.69, 9.17) is 16.3 Å². The number of nitrogens with one attached hydrogen (secondary N) is 2. The molecule has 5 rings (SSSR count). The van der Waals surface area contributed by atoms with Crippen molar-refractivity contribution in [1.29, 1.82) is 0 Å². The Balaban J connectivity index is 0.000000376. The molecule has 3 heterocycles. The van der Waals surface area contributed by atoms with Crippen molar-refractivity contribution in [1.82, 2.24) is 15.0 Å². The minimum absolute atomic E-state index is 0.215. The molecule has 0 bridgehead atoms. The summed E-state index contributed by atoms with van der Waals surface area (Å²) >= 11 is 5.64. The summed E-state index contributed by atoms with van der Waals surface area (Å²) in [7, 11) is 0. The third-order valence-electron chi connectivity index (χ3n) is 5.50. The highest BCUT2D eigenvalue weighted by molar-refractivity contribution is 6.30. The first-order valence-electron chi connectivity index (χ1n) is 13.1. The highest BCUT2D eigenvalue weighted by Gasteiger charge is 2.17. The molecule has 1 saturated heterocycles. The standard InChI is InChI=1S/C21H22FN7O.C7H7Cl.C2H6/c1-15-2-4-16(5-3-15)26-18-7-6-17(23-12-18)13-25-28-21-24-14-19(22)20(27-21)29-8-10-30-11-9-29;1-6-3-2-4-7(8)5-6;1-2/h2-7,12-14,26H,8-11H2,1H3,(H,24,27,28);2-5H,1H3;1-2H3/b25-13+;;. The van der Waals surface area contributed by atoms with E-state index in [-0.39, 0.29) is 11.8 Å². The average Bonchev–Trinajstić information content (AvgIpc) is 2.98. The van der Waals surface area contributed by atoms with Crippen LogP contribution in [0.1, 0.15) is 30.7 Å². The molecular formula is C30H35ClFN7O. The fourth-order valence-corrected chi connectivity index (χ4v) is 3.77. The number of hydrazone groups is 1. The van der Waals surface area contributed by atoms with Gasteiger partial charge in [0.2, 0.25) is 5.95 Å². The Morgan fingerprint density at radius 3 is 2.27 bits per heavy atom. The van der Waals surface area contributed by atoms with Gasteiger partial charge in [0, 0.05) is 23.8 Å². The van der Waals surface area contributed by atoms with Crippen LogP contribution in [0.25, 0.3) is 0 Å². The zero-order valence-corrected chi connectivity index (χ0v) is 24.0. The van der Waals surface area contributed by atoms with Crippen molar-refractivity contribution in [3.05, 3.63) is 101 Å². The third kappa shape index (κ3) is 9.91. The van der Waals surface area contributed by atoms with Gasteiger partial charge >= 0.3 is 0 Å².